The molecule has 0 aromatic carbocycles. The molecule has 2 N–H and O–H groups in total. The minimum absolute atomic E-state index is 0.724. The third-order valence-corrected chi connectivity index (χ3v) is 3.96. The molecule has 0 saturated carbocycles. The molecule has 1 atom stereocenters. The zero-order valence-electron chi connectivity index (χ0n) is 8.95. The Balaban J connectivity index is 1.83. The normalized spacial score (nSPS) is 21.0. The van der Waals surface area contributed by atoms with Gasteiger partial charge in [0.2, 0.25) is 0 Å². The Bertz CT molecular complexity index is 295. The molecule has 1 fully saturated rings. The van der Waals surface area contributed by atoms with Gasteiger partial charge in [-0.25, -0.2) is 4.98 Å². The predicted octanol–water partition coefficient (Wildman–Crippen LogP) is 1.86. The van der Waals surface area contributed by atoms with Crippen molar-refractivity contribution >= 4 is 11.8 Å². The average Bonchev–Trinajstić information content (AvgIpc) is 2.87. The second-order valence-electron chi connectivity index (χ2n) is 4.06. The summed E-state index contributed by atoms with van der Waals surface area (Å²) in [5.41, 5.74) is 6.51. The van der Waals surface area contributed by atoms with E-state index in [9.17, 15) is 0 Å². The standard InChI is InChI=1S/C11H18N2OS/c12-4-1-2-10-7-14-11(13-10)6-9-3-5-15-8-9/h7,9H,1-6,8,12H2. The number of nitrogens with zero attached hydrogens (tertiary/aromatic N) is 1. The van der Waals surface area contributed by atoms with Crippen molar-refractivity contribution in [2.45, 2.75) is 25.7 Å². The van der Waals surface area contributed by atoms with Crippen LogP contribution in [0.3, 0.4) is 0 Å². The Morgan fingerprint density at radius 1 is 1.60 bits per heavy atom. The maximum absolute atomic E-state index is 5.46. The molecule has 3 nitrogen and oxygen atoms in total. The first-order valence-electron chi connectivity index (χ1n) is 5.59. The fraction of sp³-hybridized carbons (Fsp3) is 0.727. The van der Waals surface area contributed by atoms with Crippen LogP contribution in [-0.4, -0.2) is 23.0 Å². The number of hydrogen-bond acceptors (Lipinski definition) is 4. The highest BCUT2D eigenvalue weighted by Crippen LogP contribution is 2.26. The van der Waals surface area contributed by atoms with E-state index in [0.29, 0.717) is 0 Å². The van der Waals surface area contributed by atoms with E-state index in [1.165, 1.54) is 17.9 Å². The highest BCUT2D eigenvalue weighted by atomic mass is 32.2. The quantitative estimate of drug-likeness (QED) is 0.832. The van der Waals surface area contributed by atoms with Gasteiger partial charge >= 0.3 is 0 Å². The van der Waals surface area contributed by atoms with E-state index in [4.69, 9.17) is 10.2 Å². The topological polar surface area (TPSA) is 52.0 Å². The number of hydrogen-bond donors (Lipinski definition) is 1. The van der Waals surface area contributed by atoms with Crippen LogP contribution in [-0.2, 0) is 12.8 Å². The van der Waals surface area contributed by atoms with Gasteiger partial charge in [-0.3, -0.25) is 0 Å². The van der Waals surface area contributed by atoms with Gasteiger partial charge in [-0.1, -0.05) is 0 Å². The third kappa shape index (κ3) is 3.24. The van der Waals surface area contributed by atoms with Crippen LogP contribution in [0.2, 0.25) is 0 Å². The molecular weight excluding hydrogens is 208 g/mol. The van der Waals surface area contributed by atoms with E-state index in [1.807, 2.05) is 11.8 Å². The maximum Gasteiger partial charge on any atom is 0.194 e. The van der Waals surface area contributed by atoms with Crippen molar-refractivity contribution in [1.82, 2.24) is 4.98 Å². The fourth-order valence-corrected chi connectivity index (χ4v) is 3.12. The molecule has 1 saturated heterocycles. The molecule has 2 rings (SSSR count). The number of aryl methyl sites for hydroxylation is 1. The second-order valence-corrected chi connectivity index (χ2v) is 5.21. The van der Waals surface area contributed by atoms with Gasteiger partial charge in [0.05, 0.1) is 5.69 Å². The highest BCUT2D eigenvalue weighted by molar-refractivity contribution is 7.99. The molecule has 4 heteroatoms. The van der Waals surface area contributed by atoms with Crippen LogP contribution in [0.1, 0.15) is 24.4 Å². The molecular formula is C11H18N2OS. The van der Waals surface area contributed by atoms with Crippen molar-refractivity contribution in [3.05, 3.63) is 17.8 Å². The molecule has 84 valence electrons. The van der Waals surface area contributed by atoms with Gasteiger partial charge in [-0.2, -0.15) is 11.8 Å². The zero-order chi connectivity index (χ0) is 10.5. The molecule has 1 aliphatic heterocycles. The summed E-state index contributed by atoms with van der Waals surface area (Å²) < 4.78 is 5.46. The van der Waals surface area contributed by atoms with Crippen LogP contribution < -0.4 is 5.73 Å². The summed E-state index contributed by atoms with van der Waals surface area (Å²) in [6, 6.07) is 0. The predicted molar refractivity (Wildman–Crippen MR) is 63.0 cm³/mol. The van der Waals surface area contributed by atoms with Gasteiger partial charge < -0.3 is 10.2 Å². The van der Waals surface area contributed by atoms with Crippen LogP contribution in [0.4, 0.5) is 0 Å². The van der Waals surface area contributed by atoms with Gasteiger partial charge in [0.1, 0.15) is 6.26 Å². The number of oxazole rings is 1. The average molecular weight is 226 g/mol. The van der Waals surface area contributed by atoms with Crippen molar-refractivity contribution in [3.63, 3.8) is 0 Å². The molecule has 1 unspecified atom stereocenters. The highest BCUT2D eigenvalue weighted by Gasteiger charge is 2.18. The molecule has 0 bridgehead atoms. The van der Waals surface area contributed by atoms with Crippen LogP contribution in [0.5, 0.6) is 0 Å². The van der Waals surface area contributed by atoms with Crippen molar-refractivity contribution in [1.29, 1.82) is 0 Å². The van der Waals surface area contributed by atoms with Gasteiger partial charge in [0.25, 0.3) is 0 Å². The smallest absolute Gasteiger partial charge is 0.194 e. The van der Waals surface area contributed by atoms with E-state index in [1.54, 1.807) is 6.26 Å². The van der Waals surface area contributed by atoms with Gasteiger partial charge in [-0.05, 0) is 43.2 Å². The van der Waals surface area contributed by atoms with E-state index < -0.39 is 0 Å². The van der Waals surface area contributed by atoms with E-state index in [-0.39, 0.29) is 0 Å². The van der Waals surface area contributed by atoms with E-state index in [0.717, 1.165) is 43.3 Å². The Labute approximate surface area is 94.8 Å². The van der Waals surface area contributed by atoms with Crippen molar-refractivity contribution in [2.24, 2.45) is 11.7 Å². The maximum atomic E-state index is 5.46. The van der Waals surface area contributed by atoms with Crippen LogP contribution in [0.25, 0.3) is 0 Å². The lowest BCUT2D eigenvalue weighted by Gasteiger charge is -2.02. The summed E-state index contributed by atoms with van der Waals surface area (Å²) in [6.45, 7) is 0.724. The summed E-state index contributed by atoms with van der Waals surface area (Å²) in [6.07, 6.45) is 6.04. The first kappa shape index (κ1) is 11.0. The van der Waals surface area contributed by atoms with Gasteiger partial charge in [0, 0.05) is 6.42 Å². The van der Waals surface area contributed by atoms with Crippen LogP contribution >= 0.6 is 11.8 Å². The van der Waals surface area contributed by atoms with Crippen molar-refractivity contribution in [2.75, 3.05) is 18.1 Å². The second kappa shape index (κ2) is 5.56. The minimum Gasteiger partial charge on any atom is -0.449 e. The third-order valence-electron chi connectivity index (χ3n) is 2.72. The van der Waals surface area contributed by atoms with Gasteiger partial charge in [0.15, 0.2) is 5.89 Å². The molecule has 1 aliphatic rings. The summed E-state index contributed by atoms with van der Waals surface area (Å²) in [5.74, 6) is 4.25. The molecule has 1 aromatic heterocycles. The molecule has 2 heterocycles. The number of rotatable bonds is 5. The number of thioether (sulfide) groups is 1. The summed E-state index contributed by atoms with van der Waals surface area (Å²) in [5, 5.41) is 0. The first-order valence-corrected chi connectivity index (χ1v) is 6.75. The monoisotopic (exact) mass is 226 g/mol. The largest absolute Gasteiger partial charge is 0.449 e. The van der Waals surface area contributed by atoms with Crippen LogP contribution in [0, 0.1) is 5.92 Å². The number of nitrogens with two attached hydrogens (primary N) is 1. The lowest BCUT2D eigenvalue weighted by molar-refractivity contribution is 0.447. The minimum atomic E-state index is 0.724. The van der Waals surface area contributed by atoms with Crippen molar-refractivity contribution < 1.29 is 4.42 Å². The molecule has 1 aromatic rings. The Hall–Kier alpha value is -0.480. The van der Waals surface area contributed by atoms with Crippen molar-refractivity contribution in [3.8, 4) is 0 Å². The lowest BCUT2D eigenvalue weighted by Crippen LogP contribution is -2.03. The summed E-state index contributed by atoms with van der Waals surface area (Å²) in [4.78, 5) is 4.48. The summed E-state index contributed by atoms with van der Waals surface area (Å²) >= 11 is 2.04. The van der Waals surface area contributed by atoms with Gasteiger partial charge in [-0.15, -0.1) is 0 Å². The zero-order valence-corrected chi connectivity index (χ0v) is 9.76. The molecule has 15 heavy (non-hydrogen) atoms. The number of aromatic nitrogens is 1. The molecule has 0 radical (unpaired) electrons. The van der Waals surface area contributed by atoms with Crippen LogP contribution in [0.15, 0.2) is 10.7 Å². The Morgan fingerprint density at radius 2 is 2.53 bits per heavy atom. The first-order chi connectivity index (χ1) is 7.38. The Kier molecular flexibility index (Phi) is 4.09. The van der Waals surface area contributed by atoms with E-state index >= 15 is 0 Å². The summed E-state index contributed by atoms with van der Waals surface area (Å²) in [7, 11) is 0. The molecule has 0 amide bonds. The SMILES string of the molecule is NCCCc1coc(CC2CCSC2)n1. The molecule has 0 aliphatic carbocycles. The Morgan fingerprint density at radius 3 is 3.27 bits per heavy atom. The van der Waals surface area contributed by atoms with E-state index in [2.05, 4.69) is 4.98 Å². The fourth-order valence-electron chi connectivity index (χ4n) is 1.83. The lowest BCUT2D eigenvalue weighted by atomic mass is 10.1. The molecule has 0 spiro atoms.